The van der Waals surface area contributed by atoms with Crippen molar-refractivity contribution in [2.75, 3.05) is 13.2 Å². The molecule has 1 saturated heterocycles. The van der Waals surface area contributed by atoms with Gasteiger partial charge in [-0.2, -0.15) is 0 Å². The van der Waals surface area contributed by atoms with E-state index in [1.807, 2.05) is 0 Å². The summed E-state index contributed by atoms with van der Waals surface area (Å²) < 4.78 is 11.2. The Bertz CT molecular complexity index is 1630. The number of ether oxygens (including phenoxy) is 2. The van der Waals surface area contributed by atoms with E-state index in [0.29, 0.717) is 19.3 Å². The fourth-order valence-corrected chi connectivity index (χ4v) is 13.6. The van der Waals surface area contributed by atoms with Gasteiger partial charge in [0.05, 0.1) is 25.4 Å². The molecule has 1 fully saturated rings. The molecule has 94 heavy (non-hydrogen) atoms. The van der Waals surface area contributed by atoms with Crippen LogP contribution in [0.2, 0.25) is 0 Å². The minimum absolute atomic E-state index is 0.248. The summed E-state index contributed by atoms with van der Waals surface area (Å²) in [6.45, 7) is 3.51. The van der Waals surface area contributed by atoms with Crippen LogP contribution in [0.3, 0.4) is 0 Å². The molecule has 1 aliphatic heterocycles. The Balaban J connectivity index is 2.13. The Morgan fingerprint density at radius 2 is 0.638 bits per heavy atom. The van der Waals surface area contributed by atoms with Crippen LogP contribution in [0.25, 0.3) is 0 Å². The number of carbonyl (C=O) groups is 1. The zero-order chi connectivity index (χ0) is 68.1. The van der Waals surface area contributed by atoms with E-state index >= 15 is 0 Å². The average Bonchev–Trinajstić information content (AvgIpc) is 0.844. The van der Waals surface area contributed by atoms with Gasteiger partial charge >= 0.3 is 0 Å². The van der Waals surface area contributed by atoms with Gasteiger partial charge < -0.3 is 50.5 Å². The zero-order valence-corrected chi connectivity index (χ0v) is 62.0. The van der Waals surface area contributed by atoms with Crippen LogP contribution in [-0.4, -0.2) is 110 Å². The number of amides is 1. The number of aliphatic hydroxyl groups is 7. The van der Waals surface area contributed by atoms with Gasteiger partial charge in [-0.1, -0.05) is 378 Å². The van der Waals surface area contributed by atoms with E-state index in [-0.39, 0.29) is 12.8 Å². The van der Waals surface area contributed by atoms with E-state index < -0.39 is 74.2 Å². The van der Waals surface area contributed by atoms with E-state index in [1.165, 1.54) is 334 Å². The van der Waals surface area contributed by atoms with Crippen LogP contribution >= 0.6 is 0 Å². The Kier molecular flexibility index (Phi) is 68.4. The smallest absolute Gasteiger partial charge is 0.249 e. The lowest BCUT2D eigenvalue weighted by Crippen LogP contribution is -2.60. The molecule has 1 amide bonds. The van der Waals surface area contributed by atoms with E-state index in [0.717, 1.165) is 38.5 Å². The summed E-state index contributed by atoms with van der Waals surface area (Å²) in [7, 11) is 0. The molecule has 0 bridgehead atoms. The molecule has 1 aliphatic rings. The molecule has 1 rings (SSSR count). The number of allylic oxidation sites excluding steroid dienone is 6. The second kappa shape index (κ2) is 71.2. The zero-order valence-electron chi connectivity index (χ0n) is 62.0. The molecule has 0 saturated carbocycles. The minimum Gasteiger partial charge on any atom is -0.394 e. The van der Waals surface area contributed by atoms with Gasteiger partial charge in [0.25, 0.3) is 0 Å². The number of carbonyl (C=O) groups excluding carboxylic acids is 1. The molecular formula is C83H159NO10. The third-order valence-electron chi connectivity index (χ3n) is 20.1. The lowest BCUT2D eigenvalue weighted by Gasteiger charge is -2.40. The SMILES string of the molecule is CCCCCCCCCCCCCCCCCCCC/C=C\CCCCCCCCCCCCCCCCCCC(O)C(=O)NC(COC1OC(CO)C(O)C(O)C1O)C(O)C(O)CCC/C=C/CC/C=C/CCCCCCCCCCCCCCCCCCCCCC. The van der Waals surface area contributed by atoms with Gasteiger partial charge in [0.1, 0.15) is 36.6 Å². The van der Waals surface area contributed by atoms with Crippen molar-refractivity contribution in [2.45, 2.75) is 473 Å². The summed E-state index contributed by atoms with van der Waals surface area (Å²) in [5, 5.41) is 76.7. The normalized spacial score (nSPS) is 18.3. The second-order valence-corrected chi connectivity index (χ2v) is 29.2. The van der Waals surface area contributed by atoms with Crippen LogP contribution in [-0.2, 0) is 14.3 Å². The number of hydrogen-bond donors (Lipinski definition) is 8. The summed E-state index contributed by atoms with van der Waals surface area (Å²) in [5.74, 6) is -0.703. The largest absolute Gasteiger partial charge is 0.394 e. The predicted octanol–water partition coefficient (Wildman–Crippen LogP) is 21.7. The maximum atomic E-state index is 13.3. The van der Waals surface area contributed by atoms with E-state index in [2.05, 4.69) is 55.6 Å². The van der Waals surface area contributed by atoms with Gasteiger partial charge in [0, 0.05) is 0 Å². The van der Waals surface area contributed by atoms with Crippen LogP contribution in [0.1, 0.15) is 418 Å². The van der Waals surface area contributed by atoms with Crippen LogP contribution in [0.4, 0.5) is 0 Å². The first-order chi connectivity index (χ1) is 46.2. The molecule has 0 aromatic rings. The number of rotatable bonds is 74. The monoisotopic (exact) mass is 1330 g/mol. The quantitative estimate of drug-likeness (QED) is 0.0215. The molecule has 0 aromatic heterocycles. The fourth-order valence-electron chi connectivity index (χ4n) is 13.6. The highest BCUT2D eigenvalue weighted by Gasteiger charge is 2.44. The molecule has 11 nitrogen and oxygen atoms in total. The first-order valence-electron chi connectivity index (χ1n) is 41.4. The molecule has 0 spiro atoms. The molecule has 0 aliphatic carbocycles. The Labute approximate surface area is 581 Å². The molecule has 0 aromatic carbocycles. The van der Waals surface area contributed by atoms with Crippen molar-refractivity contribution in [3.63, 3.8) is 0 Å². The van der Waals surface area contributed by atoms with Crippen molar-refractivity contribution in [2.24, 2.45) is 0 Å². The number of unbranched alkanes of at least 4 members (excludes halogenated alkanes) is 56. The van der Waals surface area contributed by atoms with Gasteiger partial charge in [-0.3, -0.25) is 4.79 Å². The molecule has 0 radical (unpaired) electrons. The van der Waals surface area contributed by atoms with Crippen LogP contribution in [0, 0.1) is 0 Å². The van der Waals surface area contributed by atoms with Gasteiger partial charge in [-0.05, 0) is 77.0 Å². The highest BCUT2D eigenvalue weighted by molar-refractivity contribution is 5.80. The predicted molar refractivity (Wildman–Crippen MR) is 399 cm³/mol. The molecule has 9 unspecified atom stereocenters. The van der Waals surface area contributed by atoms with Crippen molar-refractivity contribution < 1.29 is 50.0 Å². The maximum absolute atomic E-state index is 13.3. The third-order valence-corrected chi connectivity index (χ3v) is 20.1. The van der Waals surface area contributed by atoms with Gasteiger partial charge in [-0.15, -0.1) is 0 Å². The molecule has 556 valence electrons. The van der Waals surface area contributed by atoms with E-state index in [4.69, 9.17) is 9.47 Å². The van der Waals surface area contributed by atoms with Gasteiger partial charge in [0.15, 0.2) is 6.29 Å². The highest BCUT2D eigenvalue weighted by Crippen LogP contribution is 2.24. The fraction of sp³-hybridized carbons (Fsp3) is 0.916. The summed E-state index contributed by atoms with van der Waals surface area (Å²) in [4.78, 5) is 13.3. The van der Waals surface area contributed by atoms with E-state index in [1.54, 1.807) is 0 Å². The maximum Gasteiger partial charge on any atom is 0.249 e. The van der Waals surface area contributed by atoms with Gasteiger partial charge in [-0.25, -0.2) is 0 Å². The number of hydrogen-bond acceptors (Lipinski definition) is 10. The standard InChI is InChI=1S/C83H159NO10/c1-3-5-7-9-11-13-15-17-19-21-23-25-27-29-31-33-34-35-36-37-38-39-40-41-43-45-47-49-51-53-55-57-59-61-63-65-67-69-71-76(87)82(92)84-74(73-93-83-81(91)80(90)79(89)77(72-85)94-83)78(88)75(86)70-68-66-64-62-60-58-56-54-52-50-48-46-44-42-32-30-28-26-24-22-20-18-16-14-12-10-8-6-4-2/h37-38,54,56,62,64,74-81,83,85-91H,3-36,39-53,55,57-61,63,65-73H2,1-2H3,(H,84,92)/b38-37-,56-54+,64-62+. The first kappa shape index (κ1) is 90.3. The van der Waals surface area contributed by atoms with Crippen LogP contribution < -0.4 is 5.32 Å². The molecule has 1 heterocycles. The van der Waals surface area contributed by atoms with Crippen molar-refractivity contribution >= 4 is 5.91 Å². The summed E-state index contributed by atoms with van der Waals surface area (Å²) in [6.07, 6.45) is 82.8. The summed E-state index contributed by atoms with van der Waals surface area (Å²) in [6, 6.07) is -1.19. The lowest BCUT2D eigenvalue weighted by molar-refractivity contribution is -0.303. The van der Waals surface area contributed by atoms with Crippen molar-refractivity contribution in [1.82, 2.24) is 5.32 Å². The molecule has 11 heteroatoms. The van der Waals surface area contributed by atoms with Gasteiger partial charge in [0.2, 0.25) is 5.91 Å². The minimum atomic E-state index is -1.67. The summed E-state index contributed by atoms with van der Waals surface area (Å²) >= 11 is 0. The van der Waals surface area contributed by atoms with Crippen LogP contribution in [0.15, 0.2) is 36.5 Å². The van der Waals surface area contributed by atoms with E-state index in [9.17, 15) is 40.5 Å². The second-order valence-electron chi connectivity index (χ2n) is 29.2. The molecule has 9 atom stereocenters. The Morgan fingerprint density at radius 3 is 0.947 bits per heavy atom. The first-order valence-corrected chi connectivity index (χ1v) is 41.4. The summed E-state index contributed by atoms with van der Waals surface area (Å²) in [5.41, 5.74) is 0. The Hall–Kier alpha value is -1.67. The number of aliphatic hydroxyl groups excluding tert-OH is 7. The lowest BCUT2D eigenvalue weighted by atomic mass is 9.98. The average molecular weight is 1330 g/mol. The highest BCUT2D eigenvalue weighted by atomic mass is 16.7. The van der Waals surface area contributed by atoms with Crippen molar-refractivity contribution in [3.05, 3.63) is 36.5 Å². The number of nitrogens with one attached hydrogen (secondary N) is 1. The van der Waals surface area contributed by atoms with Crippen molar-refractivity contribution in [3.8, 4) is 0 Å². The molecule has 8 N–H and O–H groups in total. The topological polar surface area (TPSA) is 189 Å². The third kappa shape index (κ3) is 57.1. The Morgan fingerprint density at radius 1 is 0.362 bits per heavy atom. The van der Waals surface area contributed by atoms with Crippen molar-refractivity contribution in [1.29, 1.82) is 0 Å². The molecular weight excluding hydrogens is 1170 g/mol. The van der Waals surface area contributed by atoms with Crippen LogP contribution in [0.5, 0.6) is 0 Å².